The molecule has 24 heavy (non-hydrogen) atoms. The topological polar surface area (TPSA) is 50.4 Å². The van der Waals surface area contributed by atoms with Crippen LogP contribution in [0.15, 0.2) is 42.5 Å². The van der Waals surface area contributed by atoms with Crippen molar-refractivity contribution in [2.24, 2.45) is 0 Å². The van der Waals surface area contributed by atoms with Gasteiger partial charge in [-0.2, -0.15) is 0 Å². The lowest BCUT2D eigenvalue weighted by Crippen LogP contribution is -2.27. The van der Waals surface area contributed by atoms with Crippen LogP contribution in [0.4, 0.5) is 5.69 Å². The summed E-state index contributed by atoms with van der Waals surface area (Å²) in [5, 5.41) is 6.72. The van der Waals surface area contributed by atoms with Crippen LogP contribution in [0.1, 0.15) is 19.4 Å². The van der Waals surface area contributed by atoms with Crippen LogP contribution in [0, 0.1) is 0 Å². The predicted octanol–water partition coefficient (Wildman–Crippen LogP) is 4.51. The fourth-order valence-corrected chi connectivity index (χ4v) is 2.36. The number of benzene rings is 2. The van der Waals surface area contributed by atoms with E-state index in [2.05, 4.69) is 10.6 Å². The first-order valence-electron chi connectivity index (χ1n) is 7.65. The van der Waals surface area contributed by atoms with E-state index in [1.54, 1.807) is 18.2 Å². The molecule has 1 amide bonds. The van der Waals surface area contributed by atoms with E-state index in [0.717, 1.165) is 11.3 Å². The molecule has 2 aromatic rings. The summed E-state index contributed by atoms with van der Waals surface area (Å²) in [6, 6.07) is 12.8. The number of halogens is 2. The fraction of sp³-hybridized carbons (Fsp3) is 0.278. The van der Waals surface area contributed by atoms with Gasteiger partial charge in [0.1, 0.15) is 5.75 Å². The van der Waals surface area contributed by atoms with Crippen LogP contribution in [0.2, 0.25) is 10.0 Å². The molecule has 2 rings (SSSR count). The largest absolute Gasteiger partial charge is 0.491 e. The number of rotatable bonds is 7. The number of hydrogen-bond acceptors (Lipinski definition) is 3. The van der Waals surface area contributed by atoms with Crippen molar-refractivity contribution in [3.05, 3.63) is 58.1 Å². The van der Waals surface area contributed by atoms with E-state index in [0.29, 0.717) is 22.3 Å². The van der Waals surface area contributed by atoms with E-state index in [1.165, 1.54) is 0 Å². The quantitative estimate of drug-likeness (QED) is 0.757. The number of carbonyl (C=O) groups excluding carboxylic acids is 1. The van der Waals surface area contributed by atoms with Crippen molar-refractivity contribution >= 4 is 34.8 Å². The summed E-state index contributed by atoms with van der Waals surface area (Å²) >= 11 is 11.8. The summed E-state index contributed by atoms with van der Waals surface area (Å²) in [6.07, 6.45) is 0.152. The molecule has 0 aliphatic rings. The van der Waals surface area contributed by atoms with Gasteiger partial charge in [0.2, 0.25) is 5.91 Å². The monoisotopic (exact) mass is 366 g/mol. The highest BCUT2D eigenvalue weighted by atomic mass is 35.5. The van der Waals surface area contributed by atoms with Gasteiger partial charge in [0, 0.05) is 12.2 Å². The minimum absolute atomic E-state index is 0.145. The van der Waals surface area contributed by atoms with Crippen LogP contribution < -0.4 is 15.4 Å². The van der Waals surface area contributed by atoms with E-state index in [9.17, 15) is 4.79 Å². The van der Waals surface area contributed by atoms with Crippen LogP contribution in [0.5, 0.6) is 5.75 Å². The van der Waals surface area contributed by atoms with Gasteiger partial charge < -0.3 is 15.4 Å². The molecular weight excluding hydrogens is 347 g/mol. The molecule has 2 N–H and O–H groups in total. The fourth-order valence-electron chi connectivity index (χ4n) is 2.06. The zero-order chi connectivity index (χ0) is 17.5. The Balaban J connectivity index is 1.76. The molecule has 128 valence electrons. The number of anilines is 1. The second-order valence-corrected chi connectivity index (χ2v) is 6.41. The van der Waals surface area contributed by atoms with Crippen LogP contribution in [0.3, 0.4) is 0 Å². The zero-order valence-electron chi connectivity index (χ0n) is 13.6. The number of amides is 1. The van der Waals surface area contributed by atoms with Gasteiger partial charge in [0.25, 0.3) is 0 Å². The minimum atomic E-state index is -0.145. The first kappa shape index (κ1) is 18.6. The summed E-state index contributed by atoms with van der Waals surface area (Å²) in [5.74, 6) is 0.694. The third-order valence-corrected chi connectivity index (χ3v) is 3.85. The third-order valence-electron chi connectivity index (χ3n) is 3.11. The Morgan fingerprint density at radius 1 is 1.08 bits per heavy atom. The second kappa shape index (κ2) is 8.92. The van der Waals surface area contributed by atoms with Crippen molar-refractivity contribution in [3.63, 3.8) is 0 Å². The highest BCUT2D eigenvalue weighted by Crippen LogP contribution is 2.24. The van der Waals surface area contributed by atoms with Crippen molar-refractivity contribution in [2.75, 3.05) is 11.9 Å². The molecule has 6 heteroatoms. The lowest BCUT2D eigenvalue weighted by atomic mass is 10.2. The molecule has 0 saturated carbocycles. The summed E-state index contributed by atoms with van der Waals surface area (Å²) in [6.45, 7) is 4.77. The van der Waals surface area contributed by atoms with Crippen molar-refractivity contribution < 1.29 is 9.53 Å². The van der Waals surface area contributed by atoms with Gasteiger partial charge in [-0.1, -0.05) is 35.3 Å². The van der Waals surface area contributed by atoms with Crippen molar-refractivity contribution in [1.82, 2.24) is 5.32 Å². The molecule has 0 spiro atoms. The number of carbonyl (C=O) groups is 1. The van der Waals surface area contributed by atoms with E-state index in [4.69, 9.17) is 27.9 Å². The summed E-state index contributed by atoms with van der Waals surface area (Å²) in [4.78, 5) is 11.9. The smallest absolute Gasteiger partial charge is 0.238 e. The standard InChI is InChI=1S/C18H20Cl2N2O2/c1-12(2)24-15-6-3-13(4-7-15)10-21-11-18(23)22-14-5-8-16(19)17(20)9-14/h3-9,12,21H,10-11H2,1-2H3,(H,22,23). The molecule has 0 bridgehead atoms. The molecule has 0 heterocycles. The molecule has 0 unspecified atom stereocenters. The van der Waals surface area contributed by atoms with Gasteiger partial charge in [-0.25, -0.2) is 0 Å². The Morgan fingerprint density at radius 2 is 1.79 bits per heavy atom. The Labute approximate surface area is 152 Å². The maximum Gasteiger partial charge on any atom is 0.238 e. The molecule has 0 aliphatic heterocycles. The molecule has 2 aromatic carbocycles. The van der Waals surface area contributed by atoms with Crippen LogP contribution >= 0.6 is 23.2 Å². The zero-order valence-corrected chi connectivity index (χ0v) is 15.1. The second-order valence-electron chi connectivity index (χ2n) is 5.59. The lowest BCUT2D eigenvalue weighted by molar-refractivity contribution is -0.115. The van der Waals surface area contributed by atoms with E-state index in [1.807, 2.05) is 38.1 Å². The van der Waals surface area contributed by atoms with Crippen LogP contribution in [-0.2, 0) is 11.3 Å². The SMILES string of the molecule is CC(C)Oc1ccc(CNCC(=O)Nc2ccc(Cl)c(Cl)c2)cc1. The molecule has 4 nitrogen and oxygen atoms in total. The van der Waals surface area contributed by atoms with Gasteiger partial charge in [0.05, 0.1) is 22.7 Å². The number of ether oxygens (including phenoxy) is 1. The normalized spacial score (nSPS) is 10.7. The first-order valence-corrected chi connectivity index (χ1v) is 8.41. The van der Waals surface area contributed by atoms with Crippen LogP contribution in [-0.4, -0.2) is 18.6 Å². The molecule has 0 radical (unpaired) electrons. The average Bonchev–Trinajstić information content (AvgIpc) is 2.52. The third kappa shape index (κ3) is 6.04. The van der Waals surface area contributed by atoms with E-state index in [-0.39, 0.29) is 18.6 Å². The summed E-state index contributed by atoms with van der Waals surface area (Å²) < 4.78 is 5.59. The molecule has 0 atom stereocenters. The van der Waals surface area contributed by atoms with E-state index < -0.39 is 0 Å². The highest BCUT2D eigenvalue weighted by molar-refractivity contribution is 6.42. The molecule has 0 aliphatic carbocycles. The molecule has 0 fully saturated rings. The van der Waals surface area contributed by atoms with Crippen molar-refractivity contribution in [2.45, 2.75) is 26.5 Å². The highest BCUT2D eigenvalue weighted by Gasteiger charge is 2.05. The number of nitrogens with one attached hydrogen (secondary N) is 2. The predicted molar refractivity (Wildman–Crippen MR) is 99.0 cm³/mol. The van der Waals surface area contributed by atoms with Gasteiger partial charge in [-0.15, -0.1) is 0 Å². The Morgan fingerprint density at radius 3 is 2.42 bits per heavy atom. The first-order chi connectivity index (χ1) is 11.4. The number of hydrogen-bond donors (Lipinski definition) is 2. The molecule has 0 saturated heterocycles. The van der Waals surface area contributed by atoms with Gasteiger partial charge >= 0.3 is 0 Å². The maximum atomic E-state index is 11.9. The van der Waals surface area contributed by atoms with E-state index >= 15 is 0 Å². The Bertz CT molecular complexity index is 688. The van der Waals surface area contributed by atoms with Gasteiger partial charge in [-0.05, 0) is 49.7 Å². The Hall–Kier alpha value is -1.75. The summed E-state index contributed by atoms with van der Waals surface area (Å²) in [5.41, 5.74) is 1.69. The Kier molecular flexibility index (Phi) is 6.91. The minimum Gasteiger partial charge on any atom is -0.491 e. The molecule has 0 aromatic heterocycles. The van der Waals surface area contributed by atoms with Crippen molar-refractivity contribution in [1.29, 1.82) is 0 Å². The lowest BCUT2D eigenvalue weighted by Gasteiger charge is -2.10. The van der Waals surface area contributed by atoms with Crippen LogP contribution in [0.25, 0.3) is 0 Å². The summed E-state index contributed by atoms with van der Waals surface area (Å²) in [7, 11) is 0. The van der Waals surface area contributed by atoms with Gasteiger partial charge in [0.15, 0.2) is 0 Å². The van der Waals surface area contributed by atoms with Crippen molar-refractivity contribution in [3.8, 4) is 5.75 Å². The maximum absolute atomic E-state index is 11.9. The molecular formula is C18H20Cl2N2O2. The average molecular weight is 367 g/mol. The van der Waals surface area contributed by atoms with Gasteiger partial charge in [-0.3, -0.25) is 4.79 Å².